The minimum atomic E-state index is -0.759. The van der Waals surface area contributed by atoms with Crippen molar-refractivity contribution in [3.8, 4) is 5.75 Å². The Kier molecular flexibility index (Phi) is 3.79. The lowest BCUT2D eigenvalue weighted by molar-refractivity contribution is 0.0361. The van der Waals surface area contributed by atoms with Crippen LogP contribution in [0.3, 0.4) is 0 Å². The van der Waals surface area contributed by atoms with Gasteiger partial charge in [0.25, 0.3) is 0 Å². The van der Waals surface area contributed by atoms with Crippen molar-refractivity contribution in [2.45, 2.75) is 6.23 Å². The molecule has 14 heavy (non-hydrogen) atoms. The van der Waals surface area contributed by atoms with Crippen molar-refractivity contribution in [1.29, 1.82) is 0 Å². The number of thiol groups is 1. The van der Waals surface area contributed by atoms with Crippen molar-refractivity contribution in [2.24, 2.45) is 5.73 Å². The van der Waals surface area contributed by atoms with Gasteiger partial charge in [-0.2, -0.15) is 12.6 Å². The number of phenols is 1. The van der Waals surface area contributed by atoms with Gasteiger partial charge in [0.15, 0.2) is 6.23 Å². The molecule has 76 valence electrons. The fourth-order valence-corrected chi connectivity index (χ4v) is 0.959. The number of benzene rings is 1. The third-order valence-electron chi connectivity index (χ3n) is 1.56. The second-order valence-electron chi connectivity index (χ2n) is 2.64. The van der Waals surface area contributed by atoms with Crippen molar-refractivity contribution >= 4 is 18.6 Å². The molecule has 4 nitrogen and oxygen atoms in total. The number of para-hydroxylation sites is 1. The summed E-state index contributed by atoms with van der Waals surface area (Å²) in [5, 5.41) is 9.31. The molecule has 0 aliphatic heterocycles. The number of carbonyl (C=O) groups excluding carboxylic acids is 1. The monoisotopic (exact) mass is 213 g/mol. The summed E-state index contributed by atoms with van der Waals surface area (Å²) >= 11 is 3.86. The van der Waals surface area contributed by atoms with Gasteiger partial charge in [-0.05, 0) is 12.1 Å². The molecule has 0 bridgehead atoms. The quantitative estimate of drug-likeness (QED) is 0.394. The molecule has 1 aromatic rings. The van der Waals surface area contributed by atoms with Gasteiger partial charge in [-0.3, -0.25) is 5.73 Å². The second-order valence-corrected chi connectivity index (χ2v) is 3.01. The highest BCUT2D eigenvalue weighted by molar-refractivity contribution is 7.80. The standard InChI is InChI=1S/C9H11NO3S/c10-8(5-14)13-9(12)6-3-1-2-4-7(6)11/h1-4,8,11,14H,5,10H2. The van der Waals surface area contributed by atoms with Crippen LogP contribution >= 0.6 is 12.6 Å². The average Bonchev–Trinajstić information content (AvgIpc) is 2.18. The Hall–Kier alpha value is -1.20. The van der Waals surface area contributed by atoms with Gasteiger partial charge in [-0.15, -0.1) is 0 Å². The molecule has 0 aromatic heterocycles. The summed E-state index contributed by atoms with van der Waals surface area (Å²) < 4.78 is 4.77. The van der Waals surface area contributed by atoms with Crippen LogP contribution in [0.5, 0.6) is 5.75 Å². The van der Waals surface area contributed by atoms with E-state index in [1.54, 1.807) is 12.1 Å². The van der Waals surface area contributed by atoms with Gasteiger partial charge in [-0.1, -0.05) is 12.1 Å². The van der Waals surface area contributed by atoms with Crippen molar-refractivity contribution in [3.63, 3.8) is 0 Å². The summed E-state index contributed by atoms with van der Waals surface area (Å²) in [6.45, 7) is 0. The zero-order chi connectivity index (χ0) is 10.6. The van der Waals surface area contributed by atoms with E-state index in [0.717, 1.165) is 0 Å². The van der Waals surface area contributed by atoms with Crippen LogP contribution in [0.15, 0.2) is 24.3 Å². The molecule has 1 rings (SSSR count). The minimum absolute atomic E-state index is 0.102. The molecule has 0 amide bonds. The van der Waals surface area contributed by atoms with E-state index < -0.39 is 12.2 Å². The number of aromatic hydroxyl groups is 1. The van der Waals surface area contributed by atoms with E-state index >= 15 is 0 Å². The van der Waals surface area contributed by atoms with Gasteiger partial charge < -0.3 is 9.84 Å². The first-order valence-corrected chi connectivity index (χ1v) is 4.64. The van der Waals surface area contributed by atoms with Gasteiger partial charge in [0.1, 0.15) is 11.3 Å². The number of ether oxygens (including phenoxy) is 1. The van der Waals surface area contributed by atoms with Crippen molar-refractivity contribution in [3.05, 3.63) is 29.8 Å². The van der Waals surface area contributed by atoms with Crippen LogP contribution in [-0.4, -0.2) is 23.1 Å². The Balaban J connectivity index is 2.75. The second kappa shape index (κ2) is 4.88. The van der Waals surface area contributed by atoms with Crippen LogP contribution in [0.4, 0.5) is 0 Å². The number of rotatable bonds is 3. The summed E-state index contributed by atoms with van der Waals surface area (Å²) in [5.74, 6) is -0.534. The van der Waals surface area contributed by atoms with Gasteiger partial charge in [0.05, 0.1) is 0 Å². The first-order valence-electron chi connectivity index (χ1n) is 4.00. The maximum atomic E-state index is 11.3. The normalized spacial score (nSPS) is 12.1. The fraction of sp³-hybridized carbons (Fsp3) is 0.222. The van der Waals surface area contributed by atoms with E-state index in [1.807, 2.05) is 0 Å². The van der Waals surface area contributed by atoms with Crippen molar-refractivity contribution < 1.29 is 14.6 Å². The highest BCUT2D eigenvalue weighted by Crippen LogP contribution is 2.16. The Morgan fingerprint density at radius 1 is 1.57 bits per heavy atom. The molecular weight excluding hydrogens is 202 g/mol. The van der Waals surface area contributed by atoms with Crippen LogP contribution in [0.25, 0.3) is 0 Å². The van der Waals surface area contributed by atoms with Crippen LogP contribution in [0, 0.1) is 0 Å². The molecule has 0 saturated carbocycles. The fourth-order valence-electron chi connectivity index (χ4n) is 0.884. The summed E-state index contributed by atoms with van der Waals surface area (Å²) in [5.41, 5.74) is 5.46. The third kappa shape index (κ3) is 2.65. The zero-order valence-electron chi connectivity index (χ0n) is 7.38. The summed E-state index contributed by atoms with van der Waals surface area (Å²) in [6.07, 6.45) is -0.759. The molecule has 1 atom stereocenters. The minimum Gasteiger partial charge on any atom is -0.507 e. The van der Waals surface area contributed by atoms with Gasteiger partial charge in [0.2, 0.25) is 0 Å². The number of hydrogen-bond donors (Lipinski definition) is 3. The van der Waals surface area contributed by atoms with E-state index in [0.29, 0.717) is 0 Å². The predicted molar refractivity (Wildman–Crippen MR) is 55.4 cm³/mol. The smallest absolute Gasteiger partial charge is 0.343 e. The maximum Gasteiger partial charge on any atom is 0.343 e. The van der Waals surface area contributed by atoms with Gasteiger partial charge >= 0.3 is 5.97 Å². The molecule has 0 fully saturated rings. The molecule has 5 heteroatoms. The molecule has 3 N–H and O–H groups in total. The van der Waals surface area contributed by atoms with E-state index in [9.17, 15) is 9.90 Å². The highest BCUT2D eigenvalue weighted by atomic mass is 32.1. The Morgan fingerprint density at radius 2 is 2.21 bits per heavy atom. The molecule has 1 unspecified atom stereocenters. The largest absolute Gasteiger partial charge is 0.507 e. The van der Waals surface area contributed by atoms with Crippen LogP contribution in [-0.2, 0) is 4.74 Å². The number of nitrogens with two attached hydrogens (primary N) is 1. The van der Waals surface area contributed by atoms with Crippen LogP contribution in [0.1, 0.15) is 10.4 Å². The molecule has 0 heterocycles. The lowest BCUT2D eigenvalue weighted by atomic mass is 10.2. The van der Waals surface area contributed by atoms with E-state index in [-0.39, 0.29) is 17.1 Å². The van der Waals surface area contributed by atoms with E-state index in [4.69, 9.17) is 10.5 Å². The molecule has 0 radical (unpaired) electrons. The Bertz CT molecular complexity index is 330. The van der Waals surface area contributed by atoms with Gasteiger partial charge in [0, 0.05) is 5.75 Å². The Labute approximate surface area is 87.1 Å². The molecule has 0 aliphatic carbocycles. The number of esters is 1. The lowest BCUT2D eigenvalue weighted by Crippen LogP contribution is -2.28. The first-order chi connectivity index (χ1) is 6.65. The summed E-state index contributed by atoms with van der Waals surface area (Å²) in [4.78, 5) is 11.3. The molecule has 0 spiro atoms. The lowest BCUT2D eigenvalue weighted by Gasteiger charge is -2.10. The number of hydrogen-bond acceptors (Lipinski definition) is 5. The van der Waals surface area contributed by atoms with Crippen molar-refractivity contribution in [2.75, 3.05) is 5.75 Å². The molecule has 0 aliphatic rings. The van der Waals surface area contributed by atoms with Gasteiger partial charge in [-0.25, -0.2) is 4.79 Å². The highest BCUT2D eigenvalue weighted by Gasteiger charge is 2.14. The van der Waals surface area contributed by atoms with Crippen LogP contribution in [0.2, 0.25) is 0 Å². The first kappa shape index (κ1) is 10.9. The summed E-state index contributed by atoms with van der Waals surface area (Å²) in [6, 6.07) is 6.11. The predicted octanol–water partition coefficient (Wildman–Crippen LogP) is 0.764. The molecule has 0 saturated heterocycles. The number of carbonyl (C=O) groups is 1. The van der Waals surface area contributed by atoms with Crippen LogP contribution < -0.4 is 5.73 Å². The molecule has 1 aromatic carbocycles. The topological polar surface area (TPSA) is 72.5 Å². The van der Waals surface area contributed by atoms with Crippen molar-refractivity contribution in [1.82, 2.24) is 0 Å². The number of phenolic OH excluding ortho intramolecular Hbond substituents is 1. The van der Waals surface area contributed by atoms with E-state index in [1.165, 1.54) is 12.1 Å². The average molecular weight is 213 g/mol. The zero-order valence-corrected chi connectivity index (χ0v) is 8.28. The molecular formula is C9H11NO3S. The third-order valence-corrected chi connectivity index (χ3v) is 1.92. The summed E-state index contributed by atoms with van der Waals surface area (Å²) in [7, 11) is 0. The maximum absolute atomic E-state index is 11.3. The Morgan fingerprint density at radius 3 is 2.79 bits per heavy atom. The SMILES string of the molecule is NC(CS)OC(=O)c1ccccc1O. The van der Waals surface area contributed by atoms with E-state index in [2.05, 4.69) is 12.6 Å².